The molecule has 2 N–H and O–H groups in total. The second-order valence-electron chi connectivity index (χ2n) is 5.65. The molecule has 0 spiro atoms. The third-order valence-corrected chi connectivity index (χ3v) is 4.10. The van der Waals surface area contributed by atoms with Crippen LogP contribution in [0, 0.1) is 5.41 Å². The summed E-state index contributed by atoms with van der Waals surface area (Å²) >= 11 is 0. The number of carbonyl (C=O) groups is 1. The van der Waals surface area contributed by atoms with Gasteiger partial charge in [0.15, 0.2) is 11.5 Å². The maximum atomic E-state index is 11.5. The van der Waals surface area contributed by atoms with Gasteiger partial charge in [-0.25, -0.2) is 9.78 Å². The van der Waals surface area contributed by atoms with E-state index in [2.05, 4.69) is 17.2 Å². The van der Waals surface area contributed by atoms with Crippen molar-refractivity contribution in [3.05, 3.63) is 30.1 Å². The van der Waals surface area contributed by atoms with Gasteiger partial charge in [0.05, 0.1) is 0 Å². The molecule has 1 aliphatic rings. The number of fused-ring (bicyclic) bond motifs is 1. The molecule has 0 amide bonds. The van der Waals surface area contributed by atoms with Gasteiger partial charge >= 0.3 is 5.97 Å². The first kappa shape index (κ1) is 13.0. The number of hydrogen-bond donors (Lipinski definition) is 2. The third kappa shape index (κ3) is 2.24. The fourth-order valence-corrected chi connectivity index (χ4v) is 2.82. The molecule has 3 rings (SSSR count). The van der Waals surface area contributed by atoms with E-state index in [0.29, 0.717) is 16.9 Å². The molecule has 0 saturated heterocycles. The Balaban J connectivity index is 1.87. The fraction of sp³-hybridized carbons (Fsp3) is 0.467. The number of hydrogen-bond acceptors (Lipinski definition) is 3. The highest BCUT2D eigenvalue weighted by Gasteiger charge is 2.41. The average molecular weight is 273 g/mol. The van der Waals surface area contributed by atoms with E-state index in [1.54, 1.807) is 10.6 Å². The van der Waals surface area contributed by atoms with Crippen LogP contribution in [0.2, 0.25) is 0 Å². The van der Waals surface area contributed by atoms with Crippen LogP contribution in [-0.4, -0.2) is 27.0 Å². The number of nitrogens with one attached hydrogen (secondary N) is 1. The molecular formula is C15H19N3O2. The Kier molecular flexibility index (Phi) is 3.12. The molecule has 2 heterocycles. The smallest absolute Gasteiger partial charge is 0.356 e. The highest BCUT2D eigenvalue weighted by Crippen LogP contribution is 2.49. The standard InChI is InChI=1S/C15H19N3O2/c1-2-6-15(7-8-15)10-16-13-12(14(19)20)18-9-4-3-5-11(18)17-13/h3-5,9,16H,2,6-8,10H2,1H3,(H,19,20). The van der Waals surface area contributed by atoms with Crippen molar-refractivity contribution in [1.29, 1.82) is 0 Å². The van der Waals surface area contributed by atoms with E-state index in [9.17, 15) is 9.90 Å². The Hall–Kier alpha value is -2.04. The Morgan fingerprint density at radius 2 is 2.30 bits per heavy atom. The molecule has 0 aromatic carbocycles. The second kappa shape index (κ2) is 4.81. The van der Waals surface area contributed by atoms with Gasteiger partial charge in [-0.1, -0.05) is 19.4 Å². The molecule has 1 fully saturated rings. The number of rotatable bonds is 6. The van der Waals surface area contributed by atoms with Crippen molar-refractivity contribution in [2.75, 3.05) is 11.9 Å². The van der Waals surface area contributed by atoms with E-state index < -0.39 is 5.97 Å². The minimum absolute atomic E-state index is 0.216. The van der Waals surface area contributed by atoms with Gasteiger partial charge in [0.1, 0.15) is 5.65 Å². The summed E-state index contributed by atoms with van der Waals surface area (Å²) in [6.07, 6.45) is 6.54. The number of aromatic nitrogens is 2. The largest absolute Gasteiger partial charge is 0.476 e. The Labute approximate surface area is 117 Å². The van der Waals surface area contributed by atoms with Gasteiger partial charge in [-0.2, -0.15) is 0 Å². The van der Waals surface area contributed by atoms with Gasteiger partial charge < -0.3 is 10.4 Å². The van der Waals surface area contributed by atoms with Gasteiger partial charge in [-0.15, -0.1) is 0 Å². The molecule has 2 aromatic heterocycles. The molecule has 0 bridgehead atoms. The SMILES string of the molecule is CCCC1(CNc2nc3ccccn3c2C(=O)O)CC1. The highest BCUT2D eigenvalue weighted by molar-refractivity contribution is 5.92. The van der Waals surface area contributed by atoms with Crippen LogP contribution in [0.1, 0.15) is 43.1 Å². The van der Waals surface area contributed by atoms with E-state index in [4.69, 9.17) is 0 Å². The van der Waals surface area contributed by atoms with E-state index >= 15 is 0 Å². The average Bonchev–Trinajstić information content (AvgIpc) is 3.08. The molecule has 106 valence electrons. The molecule has 1 aliphatic carbocycles. The van der Waals surface area contributed by atoms with E-state index in [1.807, 2.05) is 18.2 Å². The van der Waals surface area contributed by atoms with Crippen LogP contribution < -0.4 is 5.32 Å². The zero-order chi connectivity index (χ0) is 14.2. The maximum absolute atomic E-state index is 11.5. The summed E-state index contributed by atoms with van der Waals surface area (Å²) in [5.74, 6) is -0.474. The fourth-order valence-electron chi connectivity index (χ4n) is 2.82. The molecule has 0 atom stereocenters. The van der Waals surface area contributed by atoms with Crippen molar-refractivity contribution >= 4 is 17.4 Å². The van der Waals surface area contributed by atoms with Crippen molar-refractivity contribution in [2.45, 2.75) is 32.6 Å². The number of imidazole rings is 1. The lowest BCUT2D eigenvalue weighted by Gasteiger charge is -2.14. The number of nitrogens with zero attached hydrogens (tertiary/aromatic N) is 2. The first-order valence-corrected chi connectivity index (χ1v) is 7.09. The molecule has 2 aromatic rings. The van der Waals surface area contributed by atoms with Crippen LogP contribution in [0.15, 0.2) is 24.4 Å². The summed E-state index contributed by atoms with van der Waals surface area (Å²) in [7, 11) is 0. The summed E-state index contributed by atoms with van der Waals surface area (Å²) in [5, 5.41) is 12.7. The summed E-state index contributed by atoms with van der Waals surface area (Å²) in [6, 6.07) is 5.48. The first-order valence-electron chi connectivity index (χ1n) is 7.09. The van der Waals surface area contributed by atoms with Gasteiger partial charge in [-0.05, 0) is 36.8 Å². The van der Waals surface area contributed by atoms with Crippen molar-refractivity contribution in [2.24, 2.45) is 5.41 Å². The Morgan fingerprint density at radius 3 is 2.95 bits per heavy atom. The summed E-state index contributed by atoms with van der Waals surface area (Å²) < 4.78 is 1.62. The van der Waals surface area contributed by atoms with Crippen molar-refractivity contribution in [3.63, 3.8) is 0 Å². The predicted octanol–water partition coefficient (Wildman–Crippen LogP) is 3.02. The van der Waals surface area contributed by atoms with E-state index in [0.717, 1.165) is 6.54 Å². The van der Waals surface area contributed by atoms with Crippen LogP contribution in [0.25, 0.3) is 5.65 Å². The monoisotopic (exact) mass is 273 g/mol. The van der Waals surface area contributed by atoms with Gasteiger partial charge in [0.2, 0.25) is 0 Å². The lowest BCUT2D eigenvalue weighted by atomic mass is 10.0. The molecule has 5 nitrogen and oxygen atoms in total. The molecule has 0 aliphatic heterocycles. The van der Waals surface area contributed by atoms with Crippen LogP contribution in [0.5, 0.6) is 0 Å². The number of carboxylic acids is 1. The van der Waals surface area contributed by atoms with Crippen LogP contribution in [0.3, 0.4) is 0 Å². The summed E-state index contributed by atoms with van der Waals surface area (Å²) in [6.45, 7) is 3.00. The molecular weight excluding hydrogens is 254 g/mol. The van der Waals surface area contributed by atoms with Crippen LogP contribution in [-0.2, 0) is 0 Å². The minimum atomic E-state index is -0.952. The predicted molar refractivity (Wildman–Crippen MR) is 77.2 cm³/mol. The topological polar surface area (TPSA) is 66.6 Å². The van der Waals surface area contributed by atoms with E-state index in [-0.39, 0.29) is 5.69 Å². The Bertz CT molecular complexity index is 644. The highest BCUT2D eigenvalue weighted by atomic mass is 16.4. The van der Waals surface area contributed by atoms with Crippen molar-refractivity contribution < 1.29 is 9.90 Å². The summed E-state index contributed by atoms with van der Waals surface area (Å²) in [5.41, 5.74) is 1.24. The molecule has 20 heavy (non-hydrogen) atoms. The summed E-state index contributed by atoms with van der Waals surface area (Å²) in [4.78, 5) is 15.9. The quantitative estimate of drug-likeness (QED) is 0.849. The number of anilines is 1. The van der Waals surface area contributed by atoms with Crippen molar-refractivity contribution in [1.82, 2.24) is 9.38 Å². The van der Waals surface area contributed by atoms with E-state index in [1.165, 1.54) is 25.7 Å². The van der Waals surface area contributed by atoms with Crippen molar-refractivity contribution in [3.8, 4) is 0 Å². The Morgan fingerprint density at radius 1 is 1.50 bits per heavy atom. The lowest BCUT2D eigenvalue weighted by Crippen LogP contribution is -2.17. The number of aromatic carboxylic acids is 1. The zero-order valence-corrected chi connectivity index (χ0v) is 11.6. The van der Waals surface area contributed by atoms with Crippen LogP contribution in [0.4, 0.5) is 5.82 Å². The lowest BCUT2D eigenvalue weighted by molar-refractivity contribution is 0.0690. The number of pyridine rings is 1. The molecule has 0 unspecified atom stereocenters. The molecule has 5 heteroatoms. The molecule has 0 radical (unpaired) electrons. The van der Waals surface area contributed by atoms with Gasteiger partial charge in [0, 0.05) is 12.7 Å². The molecule has 1 saturated carbocycles. The minimum Gasteiger partial charge on any atom is -0.476 e. The second-order valence-corrected chi connectivity index (χ2v) is 5.65. The normalized spacial score (nSPS) is 16.2. The van der Waals surface area contributed by atoms with Crippen LogP contribution >= 0.6 is 0 Å². The van der Waals surface area contributed by atoms with Gasteiger partial charge in [0.25, 0.3) is 0 Å². The third-order valence-electron chi connectivity index (χ3n) is 4.10. The first-order chi connectivity index (χ1) is 9.65. The van der Waals surface area contributed by atoms with Gasteiger partial charge in [-0.3, -0.25) is 4.40 Å². The maximum Gasteiger partial charge on any atom is 0.356 e. The zero-order valence-electron chi connectivity index (χ0n) is 11.6. The number of carboxylic acid groups (broad SMARTS) is 1.